The van der Waals surface area contributed by atoms with E-state index in [-0.39, 0.29) is 21.9 Å². The molecular formula is C16H11F4N3OS. The number of carbonyl (C=O) groups excluding carboxylic acids is 1. The van der Waals surface area contributed by atoms with Gasteiger partial charge in [0.1, 0.15) is 11.6 Å². The summed E-state index contributed by atoms with van der Waals surface area (Å²) in [5.74, 6) is -4.06. The lowest BCUT2D eigenvalue weighted by Crippen LogP contribution is -2.23. The lowest BCUT2D eigenvalue weighted by molar-refractivity contribution is -0.115. The SMILES string of the molecule is CC(Sc1nc2cc(F)c(F)cc2[nH]1)C(=O)Nc1cc(F)ccc1F. The van der Waals surface area contributed by atoms with E-state index in [9.17, 15) is 22.4 Å². The topological polar surface area (TPSA) is 57.8 Å². The lowest BCUT2D eigenvalue weighted by atomic mass is 10.3. The Morgan fingerprint density at radius 2 is 1.84 bits per heavy atom. The first-order valence-corrected chi connectivity index (χ1v) is 7.99. The number of nitrogens with zero attached hydrogens (tertiary/aromatic N) is 1. The van der Waals surface area contributed by atoms with Crippen LogP contribution in [0.15, 0.2) is 35.5 Å². The molecule has 0 saturated heterocycles. The number of benzene rings is 2. The summed E-state index contributed by atoms with van der Waals surface area (Å²) in [7, 11) is 0. The second kappa shape index (κ2) is 6.75. The fraction of sp³-hybridized carbons (Fsp3) is 0.125. The van der Waals surface area contributed by atoms with Gasteiger partial charge in [0.05, 0.1) is 22.0 Å². The van der Waals surface area contributed by atoms with Crippen molar-refractivity contribution in [2.75, 3.05) is 5.32 Å². The van der Waals surface area contributed by atoms with E-state index in [1.807, 2.05) is 0 Å². The van der Waals surface area contributed by atoms with Crippen LogP contribution in [0.5, 0.6) is 0 Å². The van der Waals surface area contributed by atoms with E-state index in [0.717, 1.165) is 42.1 Å². The molecule has 0 aliphatic carbocycles. The molecule has 4 nitrogen and oxygen atoms in total. The van der Waals surface area contributed by atoms with Crippen molar-refractivity contribution in [1.29, 1.82) is 0 Å². The summed E-state index contributed by atoms with van der Waals surface area (Å²) in [6.07, 6.45) is 0. The molecule has 1 heterocycles. The average molecular weight is 369 g/mol. The van der Waals surface area contributed by atoms with Crippen molar-refractivity contribution >= 4 is 34.4 Å². The minimum atomic E-state index is -1.03. The molecule has 3 aromatic rings. The van der Waals surface area contributed by atoms with Gasteiger partial charge < -0.3 is 10.3 Å². The van der Waals surface area contributed by atoms with Crippen molar-refractivity contribution in [3.63, 3.8) is 0 Å². The first kappa shape index (κ1) is 17.3. The fourth-order valence-electron chi connectivity index (χ4n) is 2.09. The van der Waals surface area contributed by atoms with Gasteiger partial charge in [-0.2, -0.15) is 0 Å². The normalized spacial score (nSPS) is 12.4. The van der Waals surface area contributed by atoms with Crippen LogP contribution < -0.4 is 5.32 Å². The molecule has 3 rings (SSSR count). The third-order valence-corrected chi connectivity index (χ3v) is 4.33. The zero-order chi connectivity index (χ0) is 18.1. The first-order chi connectivity index (χ1) is 11.8. The second-order valence-corrected chi connectivity index (χ2v) is 6.53. The highest BCUT2D eigenvalue weighted by Gasteiger charge is 2.19. The third kappa shape index (κ3) is 3.76. The lowest BCUT2D eigenvalue weighted by Gasteiger charge is -2.11. The number of aromatic amines is 1. The molecule has 1 amide bonds. The summed E-state index contributed by atoms with van der Waals surface area (Å²) in [4.78, 5) is 18.9. The molecule has 0 saturated carbocycles. The number of hydrogen-bond acceptors (Lipinski definition) is 3. The Balaban J connectivity index is 1.74. The van der Waals surface area contributed by atoms with Crippen molar-refractivity contribution in [1.82, 2.24) is 9.97 Å². The van der Waals surface area contributed by atoms with Crippen molar-refractivity contribution in [2.45, 2.75) is 17.3 Å². The number of thioether (sulfide) groups is 1. The number of aromatic nitrogens is 2. The largest absolute Gasteiger partial charge is 0.333 e. The van der Waals surface area contributed by atoms with Crippen LogP contribution in [0.2, 0.25) is 0 Å². The molecule has 9 heteroatoms. The van der Waals surface area contributed by atoms with Gasteiger partial charge in [-0.15, -0.1) is 0 Å². The van der Waals surface area contributed by atoms with Gasteiger partial charge in [0.15, 0.2) is 16.8 Å². The standard InChI is InChI=1S/C16H11F4N3OS/c1-7(15(24)21-12-4-8(17)2-3-9(12)18)25-16-22-13-5-10(19)11(20)6-14(13)23-16/h2-7H,1H3,(H,21,24)(H,22,23). The number of H-pyrrole nitrogens is 1. The number of amides is 1. The molecule has 2 aromatic carbocycles. The summed E-state index contributed by atoms with van der Waals surface area (Å²) in [5, 5.41) is 1.83. The quantitative estimate of drug-likeness (QED) is 0.534. The van der Waals surface area contributed by atoms with E-state index in [2.05, 4.69) is 15.3 Å². The van der Waals surface area contributed by atoms with Crippen molar-refractivity contribution in [2.24, 2.45) is 0 Å². The Kier molecular flexibility index (Phi) is 4.67. The number of carbonyl (C=O) groups is 1. The number of hydrogen-bond donors (Lipinski definition) is 2. The van der Waals surface area contributed by atoms with Gasteiger partial charge in [-0.05, 0) is 19.1 Å². The van der Waals surface area contributed by atoms with Crippen LogP contribution in [-0.4, -0.2) is 21.1 Å². The minimum Gasteiger partial charge on any atom is -0.333 e. The van der Waals surface area contributed by atoms with Gasteiger partial charge in [0.2, 0.25) is 5.91 Å². The maximum absolute atomic E-state index is 13.6. The Bertz CT molecular complexity index is 921. The molecule has 0 bridgehead atoms. The minimum absolute atomic E-state index is 0.213. The predicted molar refractivity (Wildman–Crippen MR) is 86.3 cm³/mol. The Labute approximate surface area is 143 Å². The van der Waals surface area contributed by atoms with Gasteiger partial charge in [0.25, 0.3) is 0 Å². The molecule has 0 fully saturated rings. The Morgan fingerprint density at radius 1 is 1.12 bits per heavy atom. The van der Waals surface area contributed by atoms with Gasteiger partial charge in [0, 0.05) is 18.2 Å². The molecule has 25 heavy (non-hydrogen) atoms. The number of nitrogens with one attached hydrogen (secondary N) is 2. The van der Waals surface area contributed by atoms with E-state index < -0.39 is 34.4 Å². The predicted octanol–water partition coefficient (Wildman–Crippen LogP) is 4.24. The molecule has 1 aromatic heterocycles. The van der Waals surface area contributed by atoms with E-state index in [1.165, 1.54) is 6.92 Å². The zero-order valence-electron chi connectivity index (χ0n) is 12.7. The zero-order valence-corrected chi connectivity index (χ0v) is 13.6. The van der Waals surface area contributed by atoms with Crippen LogP contribution in [0, 0.1) is 23.3 Å². The highest BCUT2D eigenvalue weighted by Crippen LogP contribution is 2.26. The molecule has 0 radical (unpaired) electrons. The molecule has 2 N–H and O–H groups in total. The number of imidazole rings is 1. The average Bonchev–Trinajstić information content (AvgIpc) is 2.92. The van der Waals surface area contributed by atoms with Crippen molar-refractivity contribution in [3.8, 4) is 0 Å². The summed E-state index contributed by atoms with van der Waals surface area (Å²) in [5.41, 5.74) is 0.224. The Hall–Kier alpha value is -2.55. The maximum atomic E-state index is 13.6. The van der Waals surface area contributed by atoms with E-state index in [0.29, 0.717) is 0 Å². The van der Waals surface area contributed by atoms with Crippen LogP contribution in [-0.2, 0) is 4.79 Å². The summed E-state index contributed by atoms with van der Waals surface area (Å²) < 4.78 is 53.1. The molecule has 1 atom stereocenters. The summed E-state index contributed by atoms with van der Waals surface area (Å²) in [6, 6.07) is 4.63. The monoisotopic (exact) mass is 369 g/mol. The van der Waals surface area contributed by atoms with E-state index in [1.54, 1.807) is 0 Å². The smallest absolute Gasteiger partial charge is 0.237 e. The maximum Gasteiger partial charge on any atom is 0.237 e. The third-order valence-electron chi connectivity index (χ3n) is 3.35. The van der Waals surface area contributed by atoms with Crippen LogP contribution in [0.3, 0.4) is 0 Å². The molecule has 1 unspecified atom stereocenters. The first-order valence-electron chi connectivity index (χ1n) is 7.11. The van der Waals surface area contributed by atoms with E-state index >= 15 is 0 Å². The molecule has 0 aliphatic heterocycles. The van der Waals surface area contributed by atoms with Crippen molar-refractivity contribution < 1.29 is 22.4 Å². The van der Waals surface area contributed by atoms with Gasteiger partial charge in [-0.1, -0.05) is 11.8 Å². The molecular weight excluding hydrogens is 358 g/mol. The van der Waals surface area contributed by atoms with Crippen LogP contribution in [0.4, 0.5) is 23.2 Å². The number of halogens is 4. The van der Waals surface area contributed by atoms with Crippen LogP contribution in [0.25, 0.3) is 11.0 Å². The van der Waals surface area contributed by atoms with Gasteiger partial charge >= 0.3 is 0 Å². The summed E-state index contributed by atoms with van der Waals surface area (Å²) >= 11 is 0.979. The van der Waals surface area contributed by atoms with E-state index in [4.69, 9.17) is 0 Å². The highest BCUT2D eigenvalue weighted by atomic mass is 32.2. The summed E-state index contributed by atoms with van der Waals surface area (Å²) in [6.45, 7) is 1.53. The number of anilines is 1. The molecule has 130 valence electrons. The van der Waals surface area contributed by atoms with Crippen LogP contribution >= 0.6 is 11.8 Å². The van der Waals surface area contributed by atoms with Gasteiger partial charge in [-0.25, -0.2) is 22.5 Å². The fourth-order valence-corrected chi connectivity index (χ4v) is 2.91. The molecule has 0 aliphatic rings. The number of rotatable bonds is 4. The van der Waals surface area contributed by atoms with Gasteiger partial charge in [-0.3, -0.25) is 4.79 Å². The van der Waals surface area contributed by atoms with Crippen LogP contribution in [0.1, 0.15) is 6.92 Å². The second-order valence-electron chi connectivity index (χ2n) is 5.20. The Morgan fingerprint density at radius 3 is 2.60 bits per heavy atom. The highest BCUT2D eigenvalue weighted by molar-refractivity contribution is 8.00. The van der Waals surface area contributed by atoms with Crippen molar-refractivity contribution in [3.05, 3.63) is 53.6 Å². The number of fused-ring (bicyclic) bond motifs is 1. The molecule has 0 spiro atoms.